The Morgan fingerprint density at radius 2 is 2.24 bits per heavy atom. The first-order valence-corrected chi connectivity index (χ1v) is 10.5. The molecule has 1 aliphatic rings. The average Bonchev–Trinajstić information content (AvgIpc) is 2.99. The largest absolute Gasteiger partial charge is 0.357 e. The van der Waals surface area contributed by atoms with Crippen LogP contribution >= 0.6 is 35.7 Å². The monoisotopic (exact) mass is 479 g/mol. The molecule has 2 N–H and O–H groups in total. The van der Waals surface area contributed by atoms with Crippen LogP contribution in [0.3, 0.4) is 0 Å². The lowest BCUT2D eigenvalue weighted by molar-refractivity contribution is 0.419. The van der Waals surface area contributed by atoms with Gasteiger partial charge < -0.3 is 15.2 Å². The van der Waals surface area contributed by atoms with Gasteiger partial charge in [-0.3, -0.25) is 0 Å². The van der Waals surface area contributed by atoms with Crippen LogP contribution in [0.2, 0.25) is 0 Å². The van der Waals surface area contributed by atoms with Gasteiger partial charge in [0.05, 0.1) is 0 Å². The topological polar surface area (TPSA) is 54.2 Å². The van der Waals surface area contributed by atoms with Crippen LogP contribution in [0.4, 0.5) is 0 Å². The van der Waals surface area contributed by atoms with E-state index in [1.807, 2.05) is 18.0 Å². The molecule has 1 saturated carbocycles. The Hall–Kier alpha value is -0.440. The van der Waals surface area contributed by atoms with Crippen molar-refractivity contribution in [2.45, 2.75) is 70.8 Å². The number of aromatic nitrogens is 2. The standard InChI is InChI=1S/C18H33N5S.HI/c1-5-19-18(22-15-7-6-8-16(11-15)24-4)21-12-17-20-9-10-23(17)13-14(2)3;/h9-10,14-16H,5-8,11-13H2,1-4H3,(H2,19,21,22);1H. The number of thioether (sulfide) groups is 1. The predicted octanol–water partition coefficient (Wildman–Crippen LogP) is 3.89. The number of halogens is 1. The van der Waals surface area contributed by atoms with Crippen molar-refractivity contribution in [3.63, 3.8) is 0 Å². The number of guanidine groups is 1. The van der Waals surface area contributed by atoms with Crippen LogP contribution < -0.4 is 10.6 Å². The second kappa shape index (κ2) is 12.0. The van der Waals surface area contributed by atoms with E-state index in [2.05, 4.69) is 53.4 Å². The van der Waals surface area contributed by atoms with Crippen LogP contribution in [0.15, 0.2) is 17.4 Å². The van der Waals surface area contributed by atoms with Gasteiger partial charge in [-0.2, -0.15) is 11.8 Å². The van der Waals surface area contributed by atoms with E-state index in [4.69, 9.17) is 4.99 Å². The van der Waals surface area contributed by atoms with Crippen molar-refractivity contribution >= 4 is 41.7 Å². The molecular weight excluding hydrogens is 445 g/mol. The molecule has 0 radical (unpaired) electrons. The van der Waals surface area contributed by atoms with Crippen LogP contribution in [0.1, 0.15) is 52.3 Å². The lowest BCUT2D eigenvalue weighted by atomic mass is 9.95. The highest BCUT2D eigenvalue weighted by molar-refractivity contribution is 14.0. The molecule has 1 aromatic heterocycles. The van der Waals surface area contributed by atoms with Gasteiger partial charge >= 0.3 is 0 Å². The van der Waals surface area contributed by atoms with E-state index in [9.17, 15) is 0 Å². The molecule has 0 saturated heterocycles. The average molecular weight is 479 g/mol. The quantitative estimate of drug-likeness (QED) is 0.354. The smallest absolute Gasteiger partial charge is 0.191 e. The second-order valence-corrected chi connectivity index (χ2v) is 8.09. The number of hydrogen-bond acceptors (Lipinski definition) is 3. The molecule has 25 heavy (non-hydrogen) atoms. The fourth-order valence-corrected chi connectivity index (χ4v) is 4.03. The first-order chi connectivity index (χ1) is 11.6. The Labute approximate surface area is 174 Å². The summed E-state index contributed by atoms with van der Waals surface area (Å²) in [7, 11) is 0. The molecule has 1 aliphatic carbocycles. The summed E-state index contributed by atoms with van der Waals surface area (Å²) in [6.07, 6.45) is 11.3. The number of nitrogens with one attached hydrogen (secondary N) is 2. The summed E-state index contributed by atoms with van der Waals surface area (Å²) in [5, 5.41) is 7.79. The van der Waals surface area contributed by atoms with Gasteiger partial charge in [0.1, 0.15) is 12.4 Å². The van der Waals surface area contributed by atoms with E-state index in [1.54, 1.807) is 0 Å². The summed E-state index contributed by atoms with van der Waals surface area (Å²) in [6.45, 7) is 9.06. The van der Waals surface area contributed by atoms with Crippen LogP contribution in [-0.4, -0.2) is 39.6 Å². The maximum atomic E-state index is 4.77. The van der Waals surface area contributed by atoms with Crippen LogP contribution in [-0.2, 0) is 13.1 Å². The van der Waals surface area contributed by atoms with E-state index >= 15 is 0 Å². The lowest BCUT2D eigenvalue weighted by Crippen LogP contribution is -2.45. The maximum Gasteiger partial charge on any atom is 0.191 e. The van der Waals surface area contributed by atoms with Gasteiger partial charge in [-0.05, 0) is 38.4 Å². The third-order valence-corrected chi connectivity index (χ3v) is 5.48. The van der Waals surface area contributed by atoms with Gasteiger partial charge in [0, 0.05) is 36.8 Å². The minimum Gasteiger partial charge on any atom is -0.357 e. The van der Waals surface area contributed by atoms with Gasteiger partial charge in [-0.15, -0.1) is 24.0 Å². The van der Waals surface area contributed by atoms with Crippen LogP contribution in [0, 0.1) is 5.92 Å². The zero-order valence-electron chi connectivity index (χ0n) is 16.0. The van der Waals surface area contributed by atoms with Crippen LogP contribution in [0.25, 0.3) is 0 Å². The summed E-state index contributed by atoms with van der Waals surface area (Å²) < 4.78 is 2.21. The number of imidazole rings is 1. The van der Waals surface area contributed by atoms with E-state index < -0.39 is 0 Å². The van der Waals surface area contributed by atoms with Gasteiger partial charge in [-0.1, -0.05) is 20.3 Å². The van der Waals surface area contributed by atoms with E-state index in [0.717, 1.165) is 30.1 Å². The number of nitrogens with zero attached hydrogens (tertiary/aromatic N) is 3. The summed E-state index contributed by atoms with van der Waals surface area (Å²) in [5.41, 5.74) is 0. The molecule has 0 spiro atoms. The highest BCUT2D eigenvalue weighted by Gasteiger charge is 2.21. The SMILES string of the molecule is CCNC(=NCc1nccn1CC(C)C)NC1CCCC(SC)C1.I. The molecule has 144 valence electrons. The number of hydrogen-bond donors (Lipinski definition) is 2. The number of rotatable bonds is 7. The van der Waals surface area contributed by atoms with Crippen molar-refractivity contribution in [3.05, 3.63) is 18.2 Å². The summed E-state index contributed by atoms with van der Waals surface area (Å²) in [4.78, 5) is 9.24. The minimum atomic E-state index is 0. The van der Waals surface area contributed by atoms with Crippen molar-refractivity contribution in [3.8, 4) is 0 Å². The maximum absolute atomic E-state index is 4.77. The Balaban J connectivity index is 0.00000312. The first kappa shape index (κ1) is 22.6. The zero-order valence-corrected chi connectivity index (χ0v) is 19.1. The molecule has 0 aromatic carbocycles. The Bertz CT molecular complexity index is 517. The third kappa shape index (κ3) is 7.76. The van der Waals surface area contributed by atoms with E-state index in [1.165, 1.54) is 25.7 Å². The molecule has 7 heteroatoms. The molecule has 0 bridgehead atoms. The highest BCUT2D eigenvalue weighted by atomic mass is 127. The highest BCUT2D eigenvalue weighted by Crippen LogP contribution is 2.26. The fourth-order valence-electron chi connectivity index (χ4n) is 3.20. The molecule has 1 heterocycles. The molecule has 2 unspecified atom stereocenters. The molecule has 2 rings (SSSR count). The molecule has 1 aromatic rings. The summed E-state index contributed by atoms with van der Waals surface area (Å²) >= 11 is 2.00. The van der Waals surface area contributed by atoms with E-state index in [0.29, 0.717) is 18.5 Å². The molecular formula is C18H34IN5S. The molecule has 1 fully saturated rings. The fraction of sp³-hybridized carbons (Fsp3) is 0.778. The van der Waals surface area contributed by atoms with Gasteiger partial charge in [-0.25, -0.2) is 9.98 Å². The van der Waals surface area contributed by atoms with Gasteiger partial charge in [0.15, 0.2) is 5.96 Å². The Morgan fingerprint density at radius 3 is 2.92 bits per heavy atom. The third-order valence-electron chi connectivity index (χ3n) is 4.39. The van der Waals surface area contributed by atoms with E-state index in [-0.39, 0.29) is 24.0 Å². The van der Waals surface area contributed by atoms with Crippen molar-refractivity contribution in [2.75, 3.05) is 12.8 Å². The van der Waals surface area contributed by atoms with Crippen molar-refractivity contribution in [2.24, 2.45) is 10.9 Å². The zero-order chi connectivity index (χ0) is 17.4. The van der Waals surface area contributed by atoms with Crippen molar-refractivity contribution < 1.29 is 0 Å². The summed E-state index contributed by atoms with van der Waals surface area (Å²) in [5.74, 6) is 2.56. The molecule has 0 amide bonds. The lowest BCUT2D eigenvalue weighted by Gasteiger charge is -2.29. The summed E-state index contributed by atoms with van der Waals surface area (Å²) in [6, 6.07) is 0.532. The van der Waals surface area contributed by atoms with Gasteiger partial charge in [0.2, 0.25) is 0 Å². The minimum absolute atomic E-state index is 0. The van der Waals surface area contributed by atoms with Gasteiger partial charge in [0.25, 0.3) is 0 Å². The Morgan fingerprint density at radius 1 is 1.44 bits per heavy atom. The Kier molecular flexibility index (Phi) is 10.9. The van der Waals surface area contributed by atoms with Crippen molar-refractivity contribution in [1.82, 2.24) is 20.2 Å². The van der Waals surface area contributed by atoms with Crippen LogP contribution in [0.5, 0.6) is 0 Å². The predicted molar refractivity (Wildman–Crippen MR) is 120 cm³/mol. The molecule has 2 atom stereocenters. The normalized spacial score (nSPS) is 21.1. The van der Waals surface area contributed by atoms with Crippen molar-refractivity contribution in [1.29, 1.82) is 0 Å². The molecule has 5 nitrogen and oxygen atoms in total. The first-order valence-electron chi connectivity index (χ1n) is 9.20. The molecule has 0 aliphatic heterocycles. The second-order valence-electron chi connectivity index (χ2n) is 6.95. The number of aliphatic imine (C=N–C) groups is 1.